The number of anilines is 1. The summed E-state index contributed by atoms with van der Waals surface area (Å²) in [7, 11) is 0. The third-order valence-corrected chi connectivity index (χ3v) is 9.76. The second-order valence-corrected chi connectivity index (χ2v) is 14.2. The van der Waals surface area contributed by atoms with Gasteiger partial charge in [-0.15, -0.1) is 0 Å². The first-order chi connectivity index (χ1) is 29.1. The number of nitrogen functional groups attached to an aromatic ring is 1. The van der Waals surface area contributed by atoms with Crippen molar-refractivity contribution in [2.24, 2.45) is 5.73 Å². The molecule has 13 nitrogen and oxygen atoms in total. The predicted molar refractivity (Wildman–Crippen MR) is 231 cm³/mol. The van der Waals surface area contributed by atoms with Crippen molar-refractivity contribution < 1.29 is 4.79 Å². The third-order valence-electron chi connectivity index (χ3n) is 9.76. The molecule has 60 heavy (non-hydrogen) atoms. The molecule has 0 saturated heterocycles. The van der Waals surface area contributed by atoms with Gasteiger partial charge in [0.25, 0.3) is 17.0 Å². The molecule has 0 unspecified atom stereocenters. The molecule has 8 rings (SSSR count). The van der Waals surface area contributed by atoms with Crippen LogP contribution in [0.3, 0.4) is 0 Å². The highest BCUT2D eigenvalue weighted by Gasteiger charge is 2.18. The summed E-state index contributed by atoms with van der Waals surface area (Å²) in [5, 5.41) is 4.01. The number of rotatable bonds is 12. The number of aromatic nitrogens is 6. The number of hydrogen-bond acceptors (Lipinski definition) is 7. The molecular formula is C47H42N8O5. The fourth-order valence-electron chi connectivity index (χ4n) is 6.73. The average molecular weight is 799 g/mol. The van der Waals surface area contributed by atoms with Gasteiger partial charge in [-0.05, 0) is 40.5 Å². The molecular weight excluding hydrogens is 757 g/mol. The minimum Gasteiger partial charge on any atom is -0.399 e. The van der Waals surface area contributed by atoms with E-state index >= 15 is 0 Å². The predicted octanol–water partition coefficient (Wildman–Crippen LogP) is 4.67. The summed E-state index contributed by atoms with van der Waals surface area (Å²) in [4.78, 5) is 66.0. The van der Waals surface area contributed by atoms with E-state index in [0.717, 1.165) is 27.9 Å². The zero-order chi connectivity index (χ0) is 42.0. The van der Waals surface area contributed by atoms with Crippen molar-refractivity contribution in [3.63, 3.8) is 0 Å². The summed E-state index contributed by atoms with van der Waals surface area (Å²) < 4.78 is 7.01. The van der Waals surface area contributed by atoms with Crippen LogP contribution in [-0.4, -0.2) is 34.0 Å². The summed E-state index contributed by atoms with van der Waals surface area (Å²) in [6.07, 6.45) is 6.04. The summed E-state index contributed by atoms with van der Waals surface area (Å²) in [6.45, 7) is 0.695. The molecule has 300 valence electrons. The minimum atomic E-state index is -0.495. The van der Waals surface area contributed by atoms with Gasteiger partial charge in [0, 0.05) is 41.8 Å². The van der Waals surface area contributed by atoms with E-state index in [0.29, 0.717) is 11.3 Å². The van der Waals surface area contributed by atoms with E-state index in [9.17, 15) is 24.0 Å². The van der Waals surface area contributed by atoms with Crippen molar-refractivity contribution in [3.05, 3.63) is 251 Å². The van der Waals surface area contributed by atoms with Crippen LogP contribution in [0.15, 0.2) is 190 Å². The quantitative estimate of drug-likeness (QED) is 0.169. The van der Waals surface area contributed by atoms with Crippen molar-refractivity contribution in [3.8, 4) is 5.69 Å². The molecule has 8 aromatic rings. The second kappa shape index (κ2) is 18.5. The Balaban J connectivity index is 0.000000304. The first-order valence-electron chi connectivity index (χ1n) is 19.2. The molecule has 0 radical (unpaired) electrons. The van der Waals surface area contributed by atoms with Crippen molar-refractivity contribution in [2.75, 3.05) is 5.73 Å². The van der Waals surface area contributed by atoms with Gasteiger partial charge < -0.3 is 11.5 Å². The number of carbonyl (C=O) groups excluding carboxylic acids is 1. The molecule has 0 aliphatic carbocycles. The van der Waals surface area contributed by atoms with Crippen molar-refractivity contribution in [1.29, 1.82) is 0 Å². The molecule has 3 aromatic heterocycles. The van der Waals surface area contributed by atoms with E-state index in [2.05, 4.69) is 5.10 Å². The Morgan fingerprint density at radius 3 is 1.32 bits per heavy atom. The van der Waals surface area contributed by atoms with Crippen molar-refractivity contribution >= 4 is 11.6 Å². The van der Waals surface area contributed by atoms with E-state index in [1.165, 1.54) is 24.5 Å². The van der Waals surface area contributed by atoms with E-state index in [-0.39, 0.29) is 43.7 Å². The van der Waals surface area contributed by atoms with Crippen LogP contribution in [0.1, 0.15) is 43.7 Å². The molecule has 0 aliphatic rings. The van der Waals surface area contributed by atoms with Crippen molar-refractivity contribution in [2.45, 2.75) is 32.6 Å². The fraction of sp³-hybridized carbons (Fsp3) is 0.106. The number of benzene rings is 5. The van der Waals surface area contributed by atoms with Crippen LogP contribution in [0.4, 0.5) is 5.69 Å². The molecule has 0 bridgehead atoms. The van der Waals surface area contributed by atoms with Crippen LogP contribution in [0, 0.1) is 0 Å². The normalized spacial score (nSPS) is 10.8. The van der Waals surface area contributed by atoms with E-state index < -0.39 is 28.4 Å². The lowest BCUT2D eigenvalue weighted by molar-refractivity contribution is 0.1000. The lowest BCUT2D eigenvalue weighted by atomic mass is 10.1. The van der Waals surface area contributed by atoms with Gasteiger partial charge in [0.15, 0.2) is 0 Å². The van der Waals surface area contributed by atoms with E-state index in [1.54, 1.807) is 35.4 Å². The summed E-state index contributed by atoms with van der Waals surface area (Å²) in [5.41, 5.74) is 14.7. The third kappa shape index (κ3) is 9.72. The fourth-order valence-corrected chi connectivity index (χ4v) is 6.73. The van der Waals surface area contributed by atoms with Gasteiger partial charge in [0.1, 0.15) is 0 Å². The molecule has 0 fully saturated rings. The van der Waals surface area contributed by atoms with Crippen LogP contribution >= 0.6 is 0 Å². The van der Waals surface area contributed by atoms with Gasteiger partial charge in [0.2, 0.25) is 0 Å². The maximum Gasteiger partial charge on any atom is 0.331 e. The first kappa shape index (κ1) is 40.1. The Morgan fingerprint density at radius 2 is 0.933 bits per heavy atom. The van der Waals surface area contributed by atoms with Gasteiger partial charge >= 0.3 is 11.4 Å². The van der Waals surface area contributed by atoms with Crippen LogP contribution in [0.2, 0.25) is 0 Å². The topological polar surface area (TPSA) is 175 Å². The number of carbonyl (C=O) groups is 1. The van der Waals surface area contributed by atoms with Gasteiger partial charge in [-0.3, -0.25) is 32.7 Å². The summed E-state index contributed by atoms with van der Waals surface area (Å²) in [5.74, 6) is -0.495. The number of amides is 1. The Labute approximate surface area is 344 Å². The standard InChI is InChI=1S/C37H32N4O4.C10H10N4O/c42-34-32(26-38(22-28-13-5-1-6-14-28)36(44)40(34)24-30-17-9-3-10-18-30)21-33-27-39(23-29-15-7-2-8-16-29)37(45)41(35(33)43)25-31-19-11-4-12-20-31;11-8-2-1-3-9(4-8)14-6-7(5-13-14)10(12)15/h1-20,26-27H,21-25H2;1-6H,11H2,(H2,12,15). The van der Waals surface area contributed by atoms with Crippen LogP contribution in [0.25, 0.3) is 5.69 Å². The lowest BCUT2D eigenvalue weighted by Crippen LogP contribution is -2.44. The highest BCUT2D eigenvalue weighted by Crippen LogP contribution is 2.12. The zero-order valence-corrected chi connectivity index (χ0v) is 32.6. The molecule has 3 heterocycles. The van der Waals surface area contributed by atoms with Crippen LogP contribution < -0.4 is 34.0 Å². The van der Waals surface area contributed by atoms with Gasteiger partial charge in [-0.25, -0.2) is 14.3 Å². The molecule has 0 spiro atoms. The summed E-state index contributed by atoms with van der Waals surface area (Å²) in [6, 6.07) is 44.9. The maximum atomic E-state index is 13.9. The van der Waals surface area contributed by atoms with Crippen LogP contribution in [0.5, 0.6) is 0 Å². The lowest BCUT2D eigenvalue weighted by Gasteiger charge is -2.16. The Hall–Kier alpha value is -8.06. The Bertz CT molecular complexity index is 2820. The highest BCUT2D eigenvalue weighted by atomic mass is 16.2. The zero-order valence-electron chi connectivity index (χ0n) is 32.6. The van der Waals surface area contributed by atoms with E-state index in [4.69, 9.17) is 11.5 Å². The molecule has 13 heteroatoms. The number of nitrogens with zero attached hydrogens (tertiary/aromatic N) is 6. The molecule has 0 saturated carbocycles. The molecule has 5 aromatic carbocycles. The monoisotopic (exact) mass is 798 g/mol. The van der Waals surface area contributed by atoms with Gasteiger partial charge in [0.05, 0.1) is 43.6 Å². The average Bonchev–Trinajstić information content (AvgIpc) is 3.78. The van der Waals surface area contributed by atoms with Gasteiger partial charge in [-0.1, -0.05) is 127 Å². The molecule has 1 amide bonds. The van der Waals surface area contributed by atoms with Crippen molar-refractivity contribution in [1.82, 2.24) is 28.0 Å². The number of hydrogen-bond donors (Lipinski definition) is 2. The van der Waals surface area contributed by atoms with Crippen LogP contribution in [-0.2, 0) is 32.6 Å². The second-order valence-electron chi connectivity index (χ2n) is 14.2. The number of nitrogens with two attached hydrogens (primary N) is 2. The molecule has 4 N–H and O–H groups in total. The highest BCUT2D eigenvalue weighted by molar-refractivity contribution is 5.92. The number of primary amides is 1. The minimum absolute atomic E-state index is 0.0502. The molecule has 0 atom stereocenters. The summed E-state index contributed by atoms with van der Waals surface area (Å²) >= 11 is 0. The maximum absolute atomic E-state index is 13.9. The molecule has 0 aliphatic heterocycles. The Kier molecular flexibility index (Phi) is 12.4. The van der Waals surface area contributed by atoms with E-state index in [1.807, 2.05) is 133 Å². The first-order valence-corrected chi connectivity index (χ1v) is 19.2. The SMILES string of the molecule is NC(=O)c1cnn(-c2cccc(N)c2)c1.O=c1c(Cc2cn(Cc3ccccc3)c(=O)n(Cc3ccccc3)c2=O)cn(Cc2ccccc2)c(=O)n1Cc1ccccc1. The smallest absolute Gasteiger partial charge is 0.331 e. The Morgan fingerprint density at radius 1 is 0.517 bits per heavy atom. The largest absolute Gasteiger partial charge is 0.399 e. The van der Waals surface area contributed by atoms with Gasteiger partial charge in [-0.2, -0.15) is 5.10 Å².